The van der Waals surface area contributed by atoms with E-state index < -0.39 is 23.4 Å². The lowest BCUT2D eigenvalue weighted by Gasteiger charge is -2.06. The number of alkyl halides is 1. The Balaban J connectivity index is 3.59. The van der Waals surface area contributed by atoms with E-state index in [-0.39, 0.29) is 24.0 Å². The van der Waals surface area contributed by atoms with Crippen molar-refractivity contribution in [1.82, 2.24) is 0 Å². The van der Waals surface area contributed by atoms with Crippen LogP contribution in [0.1, 0.15) is 20.3 Å². The van der Waals surface area contributed by atoms with Crippen LogP contribution in [0, 0.1) is 0 Å². The zero-order chi connectivity index (χ0) is 10.3. The van der Waals surface area contributed by atoms with Gasteiger partial charge in [0.05, 0.1) is 12.8 Å². The van der Waals surface area contributed by atoms with Crippen LogP contribution in [0.2, 0.25) is 0 Å². The number of ether oxygens (including phenoxy) is 1. The summed E-state index contributed by atoms with van der Waals surface area (Å²) in [6, 6.07) is 0. The predicted octanol–water partition coefficient (Wildman–Crippen LogP) is 1.05. The molecule has 0 amide bonds. The van der Waals surface area contributed by atoms with Gasteiger partial charge in [0.1, 0.15) is 5.75 Å². The first kappa shape index (κ1) is 12.6. The van der Waals surface area contributed by atoms with Gasteiger partial charge in [0.25, 0.3) is 0 Å². The first-order valence-corrected chi connectivity index (χ1v) is 5.65. The van der Waals surface area contributed by atoms with Gasteiger partial charge in [-0.1, -0.05) is 0 Å². The summed E-state index contributed by atoms with van der Waals surface area (Å²) in [6.45, 7) is 2.95. The van der Waals surface area contributed by atoms with Crippen molar-refractivity contribution < 1.29 is 18.1 Å². The Kier molecular flexibility index (Phi) is 6.76. The van der Waals surface area contributed by atoms with Crippen LogP contribution in [0.5, 0.6) is 0 Å². The van der Waals surface area contributed by atoms with Crippen molar-refractivity contribution in [2.75, 3.05) is 18.2 Å². The standard InChI is InChI=1S/C8H15FO3S/c1-7(2)12-8(10)6-13(11)5-3-4-9/h7H,3-6H2,1-2H3. The molecule has 1 atom stereocenters. The first-order chi connectivity index (χ1) is 6.06. The Labute approximate surface area is 80.1 Å². The highest BCUT2D eigenvalue weighted by Crippen LogP contribution is 1.94. The summed E-state index contributed by atoms with van der Waals surface area (Å²) in [5.41, 5.74) is 0. The number of hydrogen-bond acceptors (Lipinski definition) is 3. The normalized spacial score (nSPS) is 12.9. The van der Waals surface area contributed by atoms with E-state index in [1.165, 1.54) is 0 Å². The lowest BCUT2D eigenvalue weighted by Crippen LogP contribution is -2.19. The molecule has 0 radical (unpaired) electrons. The molecule has 0 saturated heterocycles. The fourth-order valence-electron chi connectivity index (χ4n) is 0.716. The third-order valence-electron chi connectivity index (χ3n) is 1.15. The Bertz CT molecular complexity index is 182. The largest absolute Gasteiger partial charge is 0.462 e. The van der Waals surface area contributed by atoms with Crippen molar-refractivity contribution in [1.29, 1.82) is 0 Å². The van der Waals surface area contributed by atoms with E-state index in [4.69, 9.17) is 4.74 Å². The summed E-state index contributed by atoms with van der Waals surface area (Å²) < 4.78 is 27.5. The van der Waals surface area contributed by atoms with Gasteiger partial charge in [0, 0.05) is 16.6 Å². The van der Waals surface area contributed by atoms with E-state index >= 15 is 0 Å². The molecule has 0 aromatic heterocycles. The minimum Gasteiger partial charge on any atom is -0.462 e. The molecule has 13 heavy (non-hydrogen) atoms. The van der Waals surface area contributed by atoms with Gasteiger partial charge in [-0.05, 0) is 20.3 Å². The number of halogens is 1. The minimum absolute atomic E-state index is 0.127. The maximum Gasteiger partial charge on any atom is 0.318 e. The van der Waals surface area contributed by atoms with E-state index in [1.807, 2.05) is 0 Å². The van der Waals surface area contributed by atoms with Crippen LogP contribution in [-0.2, 0) is 20.3 Å². The molecule has 0 aromatic carbocycles. The molecule has 0 spiro atoms. The maximum atomic E-state index is 11.7. The van der Waals surface area contributed by atoms with E-state index in [1.54, 1.807) is 13.8 Å². The summed E-state index contributed by atoms with van der Waals surface area (Å²) in [5.74, 6) is -0.380. The van der Waals surface area contributed by atoms with Crippen molar-refractivity contribution >= 4 is 16.8 Å². The Morgan fingerprint density at radius 3 is 2.62 bits per heavy atom. The minimum atomic E-state index is -1.28. The van der Waals surface area contributed by atoms with E-state index in [0.717, 1.165) is 0 Å². The van der Waals surface area contributed by atoms with Gasteiger partial charge in [-0.15, -0.1) is 0 Å². The number of hydrogen-bond donors (Lipinski definition) is 0. The zero-order valence-electron chi connectivity index (χ0n) is 7.92. The van der Waals surface area contributed by atoms with Crippen LogP contribution >= 0.6 is 0 Å². The summed E-state index contributed by atoms with van der Waals surface area (Å²) in [4.78, 5) is 10.9. The molecule has 0 aliphatic rings. The summed E-state index contributed by atoms with van der Waals surface area (Å²) in [5, 5.41) is 0. The zero-order valence-corrected chi connectivity index (χ0v) is 8.73. The molecule has 0 heterocycles. The molecule has 0 bridgehead atoms. The number of carbonyl (C=O) groups is 1. The maximum absolute atomic E-state index is 11.7. The highest BCUT2D eigenvalue weighted by atomic mass is 32.2. The molecule has 78 valence electrons. The van der Waals surface area contributed by atoms with Crippen LogP contribution in [0.3, 0.4) is 0 Å². The quantitative estimate of drug-likeness (QED) is 0.615. The molecular formula is C8H15FO3S. The SMILES string of the molecule is CC(C)OC(=O)CS(=O)CCCF. The summed E-state index contributed by atoms with van der Waals surface area (Å²) in [7, 11) is -1.28. The highest BCUT2D eigenvalue weighted by Gasteiger charge is 2.10. The van der Waals surface area contributed by atoms with Gasteiger partial charge < -0.3 is 4.74 Å². The van der Waals surface area contributed by atoms with Crippen molar-refractivity contribution in [3.63, 3.8) is 0 Å². The van der Waals surface area contributed by atoms with Crippen LogP contribution in [0.25, 0.3) is 0 Å². The molecule has 5 heteroatoms. The molecular weight excluding hydrogens is 195 g/mol. The molecule has 0 aliphatic heterocycles. The average molecular weight is 210 g/mol. The van der Waals surface area contributed by atoms with Gasteiger partial charge in [0.15, 0.2) is 0 Å². The lowest BCUT2D eigenvalue weighted by molar-refractivity contribution is -0.144. The van der Waals surface area contributed by atoms with E-state index in [9.17, 15) is 13.4 Å². The third-order valence-corrected chi connectivity index (χ3v) is 2.45. The molecule has 0 aliphatic carbocycles. The van der Waals surface area contributed by atoms with E-state index in [2.05, 4.69) is 0 Å². The summed E-state index contributed by atoms with van der Waals surface area (Å²) >= 11 is 0. The second kappa shape index (κ2) is 7.00. The van der Waals surface area contributed by atoms with Gasteiger partial charge in [-0.25, -0.2) is 0 Å². The Morgan fingerprint density at radius 1 is 1.54 bits per heavy atom. The van der Waals surface area contributed by atoms with Gasteiger partial charge in [-0.2, -0.15) is 0 Å². The smallest absolute Gasteiger partial charge is 0.318 e. The fraction of sp³-hybridized carbons (Fsp3) is 0.875. The topological polar surface area (TPSA) is 43.4 Å². The third kappa shape index (κ3) is 7.90. The molecule has 0 N–H and O–H groups in total. The fourth-order valence-corrected chi connectivity index (χ4v) is 1.62. The van der Waals surface area contributed by atoms with Crippen LogP contribution in [-0.4, -0.2) is 34.5 Å². The lowest BCUT2D eigenvalue weighted by atomic mass is 10.5. The van der Waals surface area contributed by atoms with E-state index in [0.29, 0.717) is 0 Å². The molecule has 0 rings (SSSR count). The predicted molar refractivity (Wildman–Crippen MR) is 49.7 cm³/mol. The van der Waals surface area contributed by atoms with Crippen molar-refractivity contribution in [2.24, 2.45) is 0 Å². The van der Waals surface area contributed by atoms with Crippen molar-refractivity contribution in [2.45, 2.75) is 26.4 Å². The molecule has 3 nitrogen and oxygen atoms in total. The number of esters is 1. The monoisotopic (exact) mass is 210 g/mol. The van der Waals surface area contributed by atoms with Crippen LogP contribution in [0.4, 0.5) is 4.39 Å². The number of rotatable bonds is 6. The first-order valence-electron chi connectivity index (χ1n) is 4.16. The number of carbonyl (C=O) groups excluding carboxylic acids is 1. The van der Waals surface area contributed by atoms with Gasteiger partial charge in [0.2, 0.25) is 0 Å². The van der Waals surface area contributed by atoms with Crippen LogP contribution in [0.15, 0.2) is 0 Å². The van der Waals surface area contributed by atoms with Gasteiger partial charge >= 0.3 is 5.97 Å². The molecule has 0 fully saturated rings. The summed E-state index contributed by atoms with van der Waals surface area (Å²) in [6.07, 6.45) is 0.0485. The van der Waals surface area contributed by atoms with Crippen LogP contribution < -0.4 is 0 Å². The average Bonchev–Trinajstić information content (AvgIpc) is 1.98. The molecule has 0 saturated carbocycles. The Hall–Kier alpha value is -0.450. The molecule has 0 aromatic rings. The Morgan fingerprint density at radius 2 is 2.15 bits per heavy atom. The highest BCUT2D eigenvalue weighted by molar-refractivity contribution is 7.85. The van der Waals surface area contributed by atoms with Gasteiger partial charge in [-0.3, -0.25) is 13.4 Å². The second-order valence-corrected chi connectivity index (χ2v) is 4.45. The second-order valence-electron chi connectivity index (χ2n) is 2.87. The van der Waals surface area contributed by atoms with Crippen molar-refractivity contribution in [3.05, 3.63) is 0 Å². The van der Waals surface area contributed by atoms with Crippen molar-refractivity contribution in [3.8, 4) is 0 Å². The molecule has 1 unspecified atom stereocenters.